The highest BCUT2D eigenvalue weighted by molar-refractivity contribution is 4.91. The molecular weight excluding hydrogens is 224 g/mol. The smallest absolute Gasteiger partial charge is 0.0611 e. The van der Waals surface area contributed by atoms with Crippen molar-refractivity contribution in [1.82, 2.24) is 10.2 Å². The Morgan fingerprint density at radius 2 is 1.83 bits per heavy atom. The molecule has 0 aliphatic heterocycles. The molecule has 0 aromatic heterocycles. The van der Waals surface area contributed by atoms with E-state index < -0.39 is 0 Å². The standard InChI is InChI=1S/C15H32N2O/c1-11(2)16-15(5,10-18)9-12(3)17(6)13(4)14-7-8-14/h11-14,16,18H,7-10H2,1-6H3. The lowest BCUT2D eigenvalue weighted by Gasteiger charge is -2.38. The fraction of sp³-hybridized carbons (Fsp3) is 1.00. The van der Waals surface area contributed by atoms with Crippen molar-refractivity contribution >= 4 is 0 Å². The number of nitrogens with one attached hydrogen (secondary N) is 1. The van der Waals surface area contributed by atoms with E-state index in [1.165, 1.54) is 12.8 Å². The van der Waals surface area contributed by atoms with Crippen molar-refractivity contribution in [2.75, 3.05) is 13.7 Å². The molecule has 3 atom stereocenters. The minimum absolute atomic E-state index is 0.175. The summed E-state index contributed by atoms with van der Waals surface area (Å²) in [7, 11) is 2.22. The van der Waals surface area contributed by atoms with Gasteiger partial charge in [-0.25, -0.2) is 0 Å². The molecule has 3 unspecified atom stereocenters. The first-order chi connectivity index (χ1) is 8.29. The summed E-state index contributed by atoms with van der Waals surface area (Å²) in [4.78, 5) is 2.48. The van der Waals surface area contributed by atoms with Gasteiger partial charge >= 0.3 is 0 Å². The second-order valence-electron chi connectivity index (χ2n) is 6.81. The summed E-state index contributed by atoms with van der Waals surface area (Å²) < 4.78 is 0. The molecule has 3 heteroatoms. The van der Waals surface area contributed by atoms with Gasteiger partial charge in [0, 0.05) is 23.7 Å². The van der Waals surface area contributed by atoms with Crippen molar-refractivity contribution < 1.29 is 5.11 Å². The van der Waals surface area contributed by atoms with Gasteiger partial charge in [0.1, 0.15) is 0 Å². The van der Waals surface area contributed by atoms with Crippen LogP contribution in [0.25, 0.3) is 0 Å². The molecule has 3 nitrogen and oxygen atoms in total. The molecule has 0 heterocycles. The van der Waals surface area contributed by atoms with Crippen LogP contribution in [0.3, 0.4) is 0 Å². The van der Waals surface area contributed by atoms with Gasteiger partial charge in [0.25, 0.3) is 0 Å². The molecule has 0 aromatic rings. The second-order valence-corrected chi connectivity index (χ2v) is 6.81. The molecule has 18 heavy (non-hydrogen) atoms. The third-order valence-corrected chi connectivity index (χ3v) is 4.37. The maximum atomic E-state index is 9.64. The Bertz CT molecular complexity index is 253. The van der Waals surface area contributed by atoms with Crippen LogP contribution in [0, 0.1) is 5.92 Å². The maximum Gasteiger partial charge on any atom is 0.0611 e. The average molecular weight is 256 g/mol. The fourth-order valence-electron chi connectivity index (χ4n) is 2.97. The van der Waals surface area contributed by atoms with Crippen LogP contribution in [-0.4, -0.2) is 47.3 Å². The van der Waals surface area contributed by atoms with Crippen LogP contribution < -0.4 is 5.32 Å². The van der Waals surface area contributed by atoms with Crippen LogP contribution in [0.2, 0.25) is 0 Å². The summed E-state index contributed by atoms with van der Waals surface area (Å²) in [5.41, 5.74) is -0.175. The number of rotatable bonds is 8. The van der Waals surface area contributed by atoms with E-state index in [0.717, 1.165) is 12.3 Å². The van der Waals surface area contributed by atoms with E-state index in [9.17, 15) is 5.11 Å². The quantitative estimate of drug-likeness (QED) is 0.699. The number of aliphatic hydroxyl groups is 1. The second kappa shape index (κ2) is 6.36. The van der Waals surface area contributed by atoms with Crippen LogP contribution in [0.15, 0.2) is 0 Å². The normalized spacial score (nSPS) is 23.2. The fourth-order valence-corrected chi connectivity index (χ4v) is 2.97. The number of nitrogens with zero attached hydrogens (tertiary/aromatic N) is 1. The molecule has 0 aromatic carbocycles. The third kappa shape index (κ3) is 4.52. The first-order valence-corrected chi connectivity index (χ1v) is 7.39. The maximum absolute atomic E-state index is 9.64. The molecule has 1 fully saturated rings. The van der Waals surface area contributed by atoms with Crippen molar-refractivity contribution in [3.63, 3.8) is 0 Å². The van der Waals surface area contributed by atoms with E-state index in [2.05, 4.69) is 51.9 Å². The highest BCUT2D eigenvalue weighted by atomic mass is 16.3. The molecular formula is C15H32N2O. The summed E-state index contributed by atoms with van der Waals surface area (Å²) in [5, 5.41) is 13.1. The zero-order valence-corrected chi connectivity index (χ0v) is 13.0. The molecule has 0 spiro atoms. The lowest BCUT2D eigenvalue weighted by atomic mass is 9.92. The summed E-state index contributed by atoms with van der Waals surface area (Å²) in [6, 6.07) is 1.56. The number of hydrogen-bond donors (Lipinski definition) is 2. The first-order valence-electron chi connectivity index (χ1n) is 7.39. The molecule has 1 rings (SSSR count). The van der Waals surface area contributed by atoms with E-state index in [0.29, 0.717) is 18.1 Å². The Morgan fingerprint density at radius 3 is 2.22 bits per heavy atom. The third-order valence-electron chi connectivity index (χ3n) is 4.37. The monoisotopic (exact) mass is 256 g/mol. The van der Waals surface area contributed by atoms with Crippen LogP contribution in [0.1, 0.15) is 53.9 Å². The van der Waals surface area contributed by atoms with Crippen molar-refractivity contribution in [2.45, 2.75) is 77.5 Å². The van der Waals surface area contributed by atoms with E-state index in [4.69, 9.17) is 0 Å². The van der Waals surface area contributed by atoms with Gasteiger partial charge in [-0.2, -0.15) is 0 Å². The van der Waals surface area contributed by atoms with Gasteiger partial charge in [-0.1, -0.05) is 13.8 Å². The SMILES string of the molecule is CC(C)NC(C)(CO)CC(C)N(C)C(C)C1CC1. The Balaban J connectivity index is 2.51. The van der Waals surface area contributed by atoms with Gasteiger partial charge in [0.15, 0.2) is 0 Å². The zero-order valence-electron chi connectivity index (χ0n) is 13.0. The van der Waals surface area contributed by atoms with Crippen molar-refractivity contribution in [2.24, 2.45) is 5.92 Å². The topological polar surface area (TPSA) is 35.5 Å². The molecule has 108 valence electrons. The van der Waals surface area contributed by atoms with E-state index >= 15 is 0 Å². The summed E-state index contributed by atoms with van der Waals surface area (Å²) in [6.45, 7) is 11.2. The minimum Gasteiger partial charge on any atom is -0.394 e. The van der Waals surface area contributed by atoms with Gasteiger partial charge in [-0.05, 0) is 53.0 Å². The van der Waals surface area contributed by atoms with E-state index in [-0.39, 0.29) is 12.1 Å². The van der Waals surface area contributed by atoms with Gasteiger partial charge in [0.2, 0.25) is 0 Å². The molecule has 0 amide bonds. The lowest BCUT2D eigenvalue weighted by molar-refractivity contribution is 0.0991. The van der Waals surface area contributed by atoms with Gasteiger partial charge < -0.3 is 15.3 Å². The van der Waals surface area contributed by atoms with Gasteiger partial charge in [-0.3, -0.25) is 0 Å². The van der Waals surface area contributed by atoms with Crippen molar-refractivity contribution in [1.29, 1.82) is 0 Å². The Hall–Kier alpha value is -0.120. The van der Waals surface area contributed by atoms with Crippen LogP contribution in [0.5, 0.6) is 0 Å². The van der Waals surface area contributed by atoms with Gasteiger partial charge in [-0.15, -0.1) is 0 Å². The zero-order chi connectivity index (χ0) is 13.9. The molecule has 0 saturated heterocycles. The lowest BCUT2D eigenvalue weighted by Crippen LogP contribution is -2.53. The van der Waals surface area contributed by atoms with Crippen molar-refractivity contribution in [3.8, 4) is 0 Å². The van der Waals surface area contributed by atoms with E-state index in [1.807, 2.05) is 0 Å². The summed E-state index contributed by atoms with van der Waals surface area (Å²) >= 11 is 0. The van der Waals surface area contributed by atoms with Gasteiger partial charge in [0.05, 0.1) is 6.61 Å². The number of aliphatic hydroxyl groups excluding tert-OH is 1. The Labute approximate surface area is 113 Å². The Morgan fingerprint density at radius 1 is 1.28 bits per heavy atom. The van der Waals surface area contributed by atoms with Crippen LogP contribution >= 0.6 is 0 Å². The first kappa shape index (κ1) is 15.9. The largest absolute Gasteiger partial charge is 0.394 e. The molecule has 1 aliphatic carbocycles. The predicted octanol–water partition coefficient (Wildman–Crippen LogP) is 2.24. The predicted molar refractivity (Wildman–Crippen MR) is 77.8 cm³/mol. The highest BCUT2D eigenvalue weighted by Gasteiger charge is 2.34. The molecule has 1 saturated carbocycles. The molecule has 2 N–H and O–H groups in total. The highest BCUT2D eigenvalue weighted by Crippen LogP contribution is 2.35. The summed E-state index contributed by atoms with van der Waals surface area (Å²) in [6.07, 6.45) is 3.76. The van der Waals surface area contributed by atoms with Crippen molar-refractivity contribution in [3.05, 3.63) is 0 Å². The number of hydrogen-bond acceptors (Lipinski definition) is 3. The van der Waals surface area contributed by atoms with E-state index in [1.54, 1.807) is 0 Å². The average Bonchev–Trinajstić information content (AvgIpc) is 3.09. The Kier molecular flexibility index (Phi) is 5.63. The van der Waals surface area contributed by atoms with Crippen LogP contribution in [0.4, 0.5) is 0 Å². The minimum atomic E-state index is -0.175. The van der Waals surface area contributed by atoms with Crippen LogP contribution in [-0.2, 0) is 0 Å². The molecule has 0 radical (unpaired) electrons. The molecule has 0 bridgehead atoms. The molecule has 1 aliphatic rings. The summed E-state index contributed by atoms with van der Waals surface area (Å²) in [5.74, 6) is 0.899.